The SMILES string of the molecule is C[C@@H](CC(=O)N1CC[C@@H](C(=O)O)C1)S(=O)(=O)c1ccc(F)cc1. The first-order valence-corrected chi connectivity index (χ1v) is 8.76. The zero-order valence-electron chi connectivity index (χ0n) is 12.6. The number of carboxylic acid groups (broad SMARTS) is 1. The molecule has 1 aliphatic rings. The molecule has 23 heavy (non-hydrogen) atoms. The molecule has 1 amide bonds. The number of likely N-dealkylation sites (tertiary alicyclic amines) is 1. The van der Waals surface area contributed by atoms with Gasteiger partial charge in [-0.15, -0.1) is 0 Å². The van der Waals surface area contributed by atoms with Gasteiger partial charge in [0, 0.05) is 19.5 Å². The summed E-state index contributed by atoms with van der Waals surface area (Å²) < 4.78 is 37.6. The van der Waals surface area contributed by atoms with Gasteiger partial charge in [0.15, 0.2) is 9.84 Å². The van der Waals surface area contributed by atoms with E-state index in [2.05, 4.69) is 0 Å². The van der Waals surface area contributed by atoms with Gasteiger partial charge in [-0.3, -0.25) is 9.59 Å². The zero-order chi connectivity index (χ0) is 17.2. The molecule has 1 aliphatic heterocycles. The smallest absolute Gasteiger partial charge is 0.308 e. The van der Waals surface area contributed by atoms with Crippen molar-refractivity contribution in [1.82, 2.24) is 4.90 Å². The van der Waals surface area contributed by atoms with Crippen molar-refractivity contribution in [2.75, 3.05) is 13.1 Å². The molecule has 6 nitrogen and oxygen atoms in total. The topological polar surface area (TPSA) is 91.8 Å². The highest BCUT2D eigenvalue weighted by atomic mass is 32.2. The van der Waals surface area contributed by atoms with Crippen molar-refractivity contribution in [1.29, 1.82) is 0 Å². The molecule has 0 aliphatic carbocycles. The van der Waals surface area contributed by atoms with Crippen LogP contribution >= 0.6 is 0 Å². The molecular formula is C15H18FNO5S. The first kappa shape index (κ1) is 17.4. The van der Waals surface area contributed by atoms with Gasteiger partial charge in [0.1, 0.15) is 5.82 Å². The standard InChI is InChI=1S/C15H18FNO5S/c1-10(23(21,22)13-4-2-12(16)3-5-13)8-14(18)17-7-6-11(9-17)15(19)20/h2-5,10-11H,6-9H2,1H3,(H,19,20)/t10-,11+/m0/s1. The van der Waals surface area contributed by atoms with Crippen molar-refractivity contribution in [2.45, 2.75) is 29.9 Å². The van der Waals surface area contributed by atoms with Gasteiger partial charge >= 0.3 is 5.97 Å². The van der Waals surface area contributed by atoms with Gasteiger partial charge in [-0.25, -0.2) is 12.8 Å². The highest BCUT2D eigenvalue weighted by molar-refractivity contribution is 7.92. The van der Waals surface area contributed by atoms with E-state index in [0.717, 1.165) is 12.1 Å². The minimum absolute atomic E-state index is 0.0379. The third-order valence-electron chi connectivity index (χ3n) is 4.02. The van der Waals surface area contributed by atoms with Crippen LogP contribution in [-0.2, 0) is 19.4 Å². The Bertz CT molecular complexity index is 701. The second-order valence-corrected chi connectivity index (χ2v) is 8.04. The summed E-state index contributed by atoms with van der Waals surface area (Å²) in [6.45, 7) is 1.85. The number of benzene rings is 1. The lowest BCUT2D eigenvalue weighted by Crippen LogP contribution is -2.33. The first-order chi connectivity index (χ1) is 10.7. The number of hydrogen-bond acceptors (Lipinski definition) is 4. The number of hydrogen-bond donors (Lipinski definition) is 1. The van der Waals surface area contributed by atoms with E-state index in [1.165, 1.54) is 24.0 Å². The van der Waals surface area contributed by atoms with Crippen LogP contribution in [0.4, 0.5) is 4.39 Å². The molecule has 0 spiro atoms. The van der Waals surface area contributed by atoms with Crippen LogP contribution in [0.2, 0.25) is 0 Å². The molecule has 1 aromatic carbocycles. The van der Waals surface area contributed by atoms with Crippen LogP contribution in [0.25, 0.3) is 0 Å². The lowest BCUT2D eigenvalue weighted by atomic mass is 10.1. The fourth-order valence-electron chi connectivity index (χ4n) is 2.53. The van der Waals surface area contributed by atoms with E-state index in [1.54, 1.807) is 0 Å². The molecule has 1 heterocycles. The predicted octanol–water partition coefficient (Wildman–Crippen LogP) is 1.31. The van der Waals surface area contributed by atoms with E-state index in [0.29, 0.717) is 13.0 Å². The van der Waals surface area contributed by atoms with Crippen LogP contribution in [0, 0.1) is 11.7 Å². The van der Waals surface area contributed by atoms with Gasteiger partial charge < -0.3 is 10.0 Å². The Labute approximate surface area is 133 Å². The van der Waals surface area contributed by atoms with Crippen molar-refractivity contribution < 1.29 is 27.5 Å². The normalized spacial score (nSPS) is 19.6. The van der Waals surface area contributed by atoms with Crippen LogP contribution in [0.3, 0.4) is 0 Å². The highest BCUT2D eigenvalue weighted by Gasteiger charge is 2.33. The molecule has 0 saturated carbocycles. The average molecular weight is 343 g/mol. The minimum atomic E-state index is -3.74. The molecule has 2 rings (SSSR count). The number of sulfone groups is 1. The second-order valence-electron chi connectivity index (χ2n) is 5.68. The summed E-state index contributed by atoms with van der Waals surface area (Å²) in [6.07, 6.45) is 0.145. The Morgan fingerprint density at radius 3 is 2.48 bits per heavy atom. The lowest BCUT2D eigenvalue weighted by molar-refractivity contribution is -0.141. The summed E-state index contributed by atoms with van der Waals surface area (Å²) in [6, 6.07) is 4.45. The van der Waals surface area contributed by atoms with Crippen LogP contribution in [0.1, 0.15) is 19.8 Å². The Morgan fingerprint density at radius 1 is 1.35 bits per heavy atom. The second kappa shape index (κ2) is 6.66. The minimum Gasteiger partial charge on any atom is -0.481 e. The number of carbonyl (C=O) groups excluding carboxylic acids is 1. The fourth-order valence-corrected chi connectivity index (χ4v) is 3.87. The third-order valence-corrected chi connectivity index (χ3v) is 6.18. The van der Waals surface area contributed by atoms with Crippen LogP contribution in [0.15, 0.2) is 29.2 Å². The van der Waals surface area contributed by atoms with Crippen molar-refractivity contribution in [3.63, 3.8) is 0 Å². The van der Waals surface area contributed by atoms with Gasteiger partial charge in [0.25, 0.3) is 0 Å². The van der Waals surface area contributed by atoms with E-state index in [9.17, 15) is 22.4 Å². The molecule has 1 N–H and O–H groups in total. The molecule has 126 valence electrons. The largest absolute Gasteiger partial charge is 0.481 e. The van der Waals surface area contributed by atoms with Gasteiger partial charge in [0.2, 0.25) is 5.91 Å². The van der Waals surface area contributed by atoms with E-state index in [-0.39, 0.29) is 23.8 Å². The fraction of sp³-hybridized carbons (Fsp3) is 0.467. The summed E-state index contributed by atoms with van der Waals surface area (Å²) in [5.74, 6) is -2.47. The van der Waals surface area contributed by atoms with Crippen molar-refractivity contribution in [3.8, 4) is 0 Å². The van der Waals surface area contributed by atoms with Crippen molar-refractivity contribution >= 4 is 21.7 Å². The maximum Gasteiger partial charge on any atom is 0.308 e. The summed E-state index contributed by atoms with van der Waals surface area (Å²) in [5, 5.41) is 7.96. The highest BCUT2D eigenvalue weighted by Crippen LogP contribution is 2.22. The predicted molar refractivity (Wildman–Crippen MR) is 80.0 cm³/mol. The molecular weight excluding hydrogens is 325 g/mol. The van der Waals surface area contributed by atoms with Gasteiger partial charge in [0.05, 0.1) is 16.1 Å². The first-order valence-electron chi connectivity index (χ1n) is 7.22. The summed E-state index contributed by atoms with van der Waals surface area (Å²) in [7, 11) is -3.74. The van der Waals surface area contributed by atoms with Crippen LogP contribution < -0.4 is 0 Å². The molecule has 8 heteroatoms. The number of aliphatic carboxylic acids is 1. The Balaban J connectivity index is 2.03. The lowest BCUT2D eigenvalue weighted by Gasteiger charge is -2.19. The Morgan fingerprint density at radius 2 is 1.96 bits per heavy atom. The molecule has 1 saturated heterocycles. The van der Waals surface area contributed by atoms with Crippen molar-refractivity contribution in [2.24, 2.45) is 5.92 Å². The molecule has 1 fully saturated rings. The maximum atomic E-state index is 12.9. The Kier molecular flexibility index (Phi) is 5.03. The van der Waals surface area contributed by atoms with Gasteiger partial charge in [-0.05, 0) is 37.6 Å². The number of halogens is 1. The molecule has 0 radical (unpaired) electrons. The van der Waals surface area contributed by atoms with E-state index in [4.69, 9.17) is 5.11 Å². The number of carboxylic acids is 1. The molecule has 0 unspecified atom stereocenters. The Hall–Kier alpha value is -1.96. The number of amides is 1. The number of rotatable bonds is 5. The van der Waals surface area contributed by atoms with Crippen LogP contribution in [-0.4, -0.2) is 48.6 Å². The maximum absolute atomic E-state index is 12.9. The number of carbonyl (C=O) groups is 2. The van der Waals surface area contributed by atoms with Crippen molar-refractivity contribution in [3.05, 3.63) is 30.1 Å². The summed E-state index contributed by atoms with van der Waals surface area (Å²) in [4.78, 5) is 24.4. The van der Waals surface area contributed by atoms with Gasteiger partial charge in [-0.2, -0.15) is 0 Å². The summed E-state index contributed by atoms with van der Waals surface area (Å²) >= 11 is 0. The van der Waals surface area contributed by atoms with Gasteiger partial charge in [-0.1, -0.05) is 0 Å². The third kappa shape index (κ3) is 3.87. The quantitative estimate of drug-likeness (QED) is 0.814. The molecule has 1 aromatic rings. The average Bonchev–Trinajstić information content (AvgIpc) is 2.97. The monoisotopic (exact) mass is 343 g/mol. The summed E-state index contributed by atoms with van der Waals surface area (Å²) in [5.41, 5.74) is 0. The molecule has 2 atom stereocenters. The van der Waals surface area contributed by atoms with E-state index >= 15 is 0 Å². The van der Waals surface area contributed by atoms with E-state index < -0.39 is 32.8 Å². The zero-order valence-corrected chi connectivity index (χ0v) is 13.4. The number of nitrogens with zero attached hydrogens (tertiary/aromatic N) is 1. The van der Waals surface area contributed by atoms with Crippen LogP contribution in [0.5, 0.6) is 0 Å². The van der Waals surface area contributed by atoms with E-state index in [1.807, 2.05) is 0 Å². The molecule has 0 bridgehead atoms. The molecule has 0 aromatic heterocycles.